The normalized spacial score (nSPS) is 10.4. The molecule has 0 aliphatic carbocycles. The maximum absolute atomic E-state index is 11.9. The Kier molecular flexibility index (Phi) is 6.05. The molecule has 6 heteroatoms. The first-order valence-electron chi connectivity index (χ1n) is 7.54. The summed E-state index contributed by atoms with van der Waals surface area (Å²) in [4.78, 5) is 11.9. The molecule has 2 aromatic rings. The molecular formula is C17H22N4O2. The number of hydrogen-bond donors (Lipinski definition) is 2. The van der Waals surface area contributed by atoms with Gasteiger partial charge in [-0.15, -0.1) is 10.2 Å². The number of ether oxygens (including phenoxy) is 1. The van der Waals surface area contributed by atoms with E-state index in [-0.39, 0.29) is 5.91 Å². The summed E-state index contributed by atoms with van der Waals surface area (Å²) in [5, 5.41) is 14.0. The molecule has 1 aromatic carbocycles. The molecule has 0 radical (unpaired) electrons. The molecule has 122 valence electrons. The minimum absolute atomic E-state index is 0.230. The Morgan fingerprint density at radius 1 is 1.13 bits per heavy atom. The van der Waals surface area contributed by atoms with Crippen LogP contribution in [0.5, 0.6) is 0 Å². The second-order valence-electron chi connectivity index (χ2n) is 5.41. The summed E-state index contributed by atoms with van der Waals surface area (Å²) < 4.78 is 4.93. The highest BCUT2D eigenvalue weighted by Gasteiger charge is 2.07. The summed E-state index contributed by atoms with van der Waals surface area (Å²) in [7, 11) is 1.63. The Balaban J connectivity index is 1.95. The first-order valence-corrected chi connectivity index (χ1v) is 7.54. The minimum Gasteiger partial charge on any atom is -0.385 e. The van der Waals surface area contributed by atoms with Crippen LogP contribution in [-0.2, 0) is 4.74 Å². The zero-order valence-electron chi connectivity index (χ0n) is 13.7. The molecule has 0 saturated heterocycles. The van der Waals surface area contributed by atoms with Crippen LogP contribution in [-0.4, -0.2) is 36.4 Å². The third kappa shape index (κ3) is 5.34. The largest absolute Gasteiger partial charge is 0.385 e. The van der Waals surface area contributed by atoms with Crippen LogP contribution in [0.15, 0.2) is 30.3 Å². The van der Waals surface area contributed by atoms with Crippen LogP contribution >= 0.6 is 0 Å². The van der Waals surface area contributed by atoms with Crippen molar-refractivity contribution in [1.82, 2.24) is 15.5 Å². The van der Waals surface area contributed by atoms with Crippen molar-refractivity contribution in [3.63, 3.8) is 0 Å². The number of amides is 1. The highest BCUT2D eigenvalue weighted by atomic mass is 16.5. The first kappa shape index (κ1) is 16.9. The standard InChI is InChI=1S/C17H22N4O2/c1-12-9-13(2)11-14(10-12)19-16-6-5-15(20-21-16)17(22)18-7-4-8-23-3/h5-6,9-11H,4,7-8H2,1-3H3,(H,18,22)(H,19,21). The van der Waals surface area contributed by atoms with Gasteiger partial charge in [0.25, 0.3) is 5.91 Å². The summed E-state index contributed by atoms with van der Waals surface area (Å²) in [5.41, 5.74) is 3.60. The Labute approximate surface area is 136 Å². The van der Waals surface area contributed by atoms with Crippen molar-refractivity contribution in [2.24, 2.45) is 0 Å². The van der Waals surface area contributed by atoms with Gasteiger partial charge in [-0.05, 0) is 55.7 Å². The molecule has 0 unspecified atom stereocenters. The van der Waals surface area contributed by atoms with E-state index in [1.165, 1.54) is 11.1 Å². The minimum atomic E-state index is -0.230. The zero-order chi connectivity index (χ0) is 16.7. The predicted molar refractivity (Wildman–Crippen MR) is 90.1 cm³/mol. The van der Waals surface area contributed by atoms with Crippen LogP contribution < -0.4 is 10.6 Å². The number of methoxy groups -OCH3 is 1. The van der Waals surface area contributed by atoms with Gasteiger partial charge in [0.05, 0.1) is 0 Å². The van der Waals surface area contributed by atoms with E-state index in [4.69, 9.17) is 4.74 Å². The maximum Gasteiger partial charge on any atom is 0.271 e. The second-order valence-corrected chi connectivity index (χ2v) is 5.41. The lowest BCUT2D eigenvalue weighted by molar-refractivity contribution is 0.0942. The van der Waals surface area contributed by atoms with Gasteiger partial charge in [0, 0.05) is 25.9 Å². The van der Waals surface area contributed by atoms with Crippen molar-refractivity contribution in [3.8, 4) is 0 Å². The molecule has 0 aliphatic heterocycles. The van der Waals surface area contributed by atoms with Crippen molar-refractivity contribution < 1.29 is 9.53 Å². The highest BCUT2D eigenvalue weighted by Crippen LogP contribution is 2.17. The van der Waals surface area contributed by atoms with Crippen LogP contribution in [0.4, 0.5) is 11.5 Å². The lowest BCUT2D eigenvalue weighted by Crippen LogP contribution is -2.26. The maximum atomic E-state index is 11.9. The third-order valence-corrected chi connectivity index (χ3v) is 3.20. The smallest absolute Gasteiger partial charge is 0.271 e. The summed E-state index contributed by atoms with van der Waals surface area (Å²) >= 11 is 0. The molecule has 1 amide bonds. The van der Waals surface area contributed by atoms with Gasteiger partial charge in [-0.2, -0.15) is 0 Å². The number of nitrogens with zero attached hydrogens (tertiary/aromatic N) is 2. The van der Waals surface area contributed by atoms with Gasteiger partial charge < -0.3 is 15.4 Å². The van der Waals surface area contributed by atoms with Gasteiger partial charge in [0.1, 0.15) is 0 Å². The fraction of sp³-hybridized carbons (Fsp3) is 0.353. The van der Waals surface area contributed by atoms with Gasteiger partial charge in [-0.1, -0.05) is 6.07 Å². The van der Waals surface area contributed by atoms with Crippen LogP contribution in [0.3, 0.4) is 0 Å². The monoisotopic (exact) mass is 314 g/mol. The molecule has 1 aromatic heterocycles. The molecule has 6 nitrogen and oxygen atoms in total. The zero-order valence-corrected chi connectivity index (χ0v) is 13.7. The number of hydrogen-bond acceptors (Lipinski definition) is 5. The summed E-state index contributed by atoms with van der Waals surface area (Å²) in [6.07, 6.45) is 0.766. The van der Waals surface area contributed by atoms with Gasteiger partial charge in [-0.3, -0.25) is 4.79 Å². The number of aryl methyl sites for hydroxylation is 2. The summed E-state index contributed by atoms with van der Waals surface area (Å²) in [6, 6.07) is 9.57. The van der Waals surface area contributed by atoms with E-state index in [0.29, 0.717) is 24.7 Å². The lowest BCUT2D eigenvalue weighted by atomic mass is 10.1. The highest BCUT2D eigenvalue weighted by molar-refractivity contribution is 5.92. The number of anilines is 2. The molecule has 0 saturated carbocycles. The van der Waals surface area contributed by atoms with Crippen LogP contribution in [0.25, 0.3) is 0 Å². The molecule has 0 aliphatic rings. The molecule has 0 bridgehead atoms. The summed E-state index contributed by atoms with van der Waals surface area (Å²) in [5.74, 6) is 0.373. The van der Waals surface area contributed by atoms with Crippen LogP contribution in [0, 0.1) is 13.8 Å². The molecule has 2 rings (SSSR count). The Bertz CT molecular complexity index is 636. The summed E-state index contributed by atoms with van der Waals surface area (Å²) in [6.45, 7) is 5.25. The predicted octanol–water partition coefficient (Wildman–Crippen LogP) is 2.60. The second kappa shape index (κ2) is 8.24. The number of rotatable bonds is 7. The lowest BCUT2D eigenvalue weighted by Gasteiger charge is -2.08. The number of aromatic nitrogens is 2. The SMILES string of the molecule is COCCCNC(=O)c1ccc(Nc2cc(C)cc(C)c2)nn1. The Morgan fingerprint density at radius 2 is 1.87 bits per heavy atom. The van der Waals surface area contributed by atoms with Gasteiger partial charge >= 0.3 is 0 Å². The van der Waals surface area contributed by atoms with Crippen molar-refractivity contribution in [2.45, 2.75) is 20.3 Å². The average Bonchev–Trinajstić information content (AvgIpc) is 2.51. The molecule has 0 fully saturated rings. The first-order chi connectivity index (χ1) is 11.1. The van der Waals surface area contributed by atoms with E-state index >= 15 is 0 Å². The molecular weight excluding hydrogens is 292 g/mol. The Morgan fingerprint density at radius 3 is 2.48 bits per heavy atom. The van der Waals surface area contributed by atoms with E-state index in [9.17, 15) is 4.79 Å². The Hall–Kier alpha value is -2.47. The number of carbonyl (C=O) groups is 1. The van der Waals surface area contributed by atoms with Crippen molar-refractivity contribution in [1.29, 1.82) is 0 Å². The quantitative estimate of drug-likeness (QED) is 0.768. The van der Waals surface area contributed by atoms with Crippen molar-refractivity contribution in [3.05, 3.63) is 47.2 Å². The molecule has 1 heterocycles. The molecule has 23 heavy (non-hydrogen) atoms. The topological polar surface area (TPSA) is 76.1 Å². The fourth-order valence-electron chi connectivity index (χ4n) is 2.22. The van der Waals surface area contributed by atoms with Crippen LogP contribution in [0.2, 0.25) is 0 Å². The van der Waals surface area contributed by atoms with Gasteiger partial charge in [-0.25, -0.2) is 0 Å². The average molecular weight is 314 g/mol. The van der Waals surface area contributed by atoms with Crippen molar-refractivity contribution >= 4 is 17.4 Å². The van der Waals surface area contributed by atoms with E-state index in [2.05, 4.69) is 26.9 Å². The molecule has 0 atom stereocenters. The fourth-order valence-corrected chi connectivity index (χ4v) is 2.22. The molecule has 2 N–H and O–H groups in total. The third-order valence-electron chi connectivity index (χ3n) is 3.20. The van der Waals surface area contributed by atoms with Crippen molar-refractivity contribution in [2.75, 3.05) is 25.6 Å². The van der Waals surface area contributed by atoms with E-state index < -0.39 is 0 Å². The molecule has 0 spiro atoms. The number of benzene rings is 1. The van der Waals surface area contributed by atoms with Gasteiger partial charge in [0.2, 0.25) is 0 Å². The van der Waals surface area contributed by atoms with Gasteiger partial charge in [0.15, 0.2) is 11.5 Å². The number of nitrogens with one attached hydrogen (secondary N) is 2. The van der Waals surface area contributed by atoms with E-state index in [1.54, 1.807) is 19.2 Å². The van der Waals surface area contributed by atoms with Crippen LogP contribution in [0.1, 0.15) is 28.0 Å². The van der Waals surface area contributed by atoms with E-state index in [1.807, 2.05) is 26.0 Å². The number of carbonyl (C=O) groups excluding carboxylic acids is 1. The van der Waals surface area contributed by atoms with E-state index in [0.717, 1.165) is 12.1 Å².